The largest absolute Gasteiger partial charge is 0.471 e. The van der Waals surface area contributed by atoms with Gasteiger partial charge in [-0.05, 0) is 29.8 Å². The number of rotatable bonds is 5. The van der Waals surface area contributed by atoms with Gasteiger partial charge < -0.3 is 4.52 Å². The van der Waals surface area contributed by atoms with Gasteiger partial charge in [-0.25, -0.2) is 8.42 Å². The molecule has 0 fully saturated rings. The number of halogens is 3. The van der Waals surface area contributed by atoms with Gasteiger partial charge >= 0.3 is 12.1 Å². The Morgan fingerprint density at radius 3 is 2.23 bits per heavy atom. The Kier molecular flexibility index (Phi) is 4.68. The van der Waals surface area contributed by atoms with Crippen LogP contribution in [0.25, 0.3) is 0 Å². The monoisotopic (exact) mass is 383 g/mol. The van der Waals surface area contributed by atoms with Crippen molar-refractivity contribution >= 4 is 15.7 Å². The van der Waals surface area contributed by atoms with Crippen LogP contribution in [0.2, 0.25) is 0 Å². The van der Waals surface area contributed by atoms with Crippen LogP contribution in [0.3, 0.4) is 0 Å². The van der Waals surface area contributed by atoms with Crippen LogP contribution < -0.4 is 4.72 Å². The number of alkyl halides is 3. The van der Waals surface area contributed by atoms with Gasteiger partial charge in [-0.15, -0.1) is 0 Å². The number of aromatic nitrogens is 2. The van der Waals surface area contributed by atoms with Crippen LogP contribution in [-0.2, 0) is 22.6 Å². The molecular formula is C16H12F3N3O3S. The molecule has 136 valence electrons. The molecule has 1 heterocycles. The molecule has 0 spiro atoms. The van der Waals surface area contributed by atoms with E-state index in [1.54, 1.807) is 30.3 Å². The number of anilines is 1. The van der Waals surface area contributed by atoms with Crippen molar-refractivity contribution < 1.29 is 26.1 Å². The van der Waals surface area contributed by atoms with E-state index in [0.29, 0.717) is 11.3 Å². The molecule has 6 nitrogen and oxygen atoms in total. The van der Waals surface area contributed by atoms with Crippen LogP contribution in [0.15, 0.2) is 64.0 Å². The van der Waals surface area contributed by atoms with Gasteiger partial charge in [0.25, 0.3) is 10.0 Å². The average molecular weight is 383 g/mol. The van der Waals surface area contributed by atoms with Gasteiger partial charge in [0.05, 0.1) is 4.90 Å². The lowest BCUT2D eigenvalue weighted by atomic mass is 10.1. The van der Waals surface area contributed by atoms with E-state index in [0.717, 1.165) is 0 Å². The molecule has 0 unspecified atom stereocenters. The topological polar surface area (TPSA) is 85.1 Å². The van der Waals surface area contributed by atoms with Gasteiger partial charge in [-0.3, -0.25) is 4.72 Å². The second-order valence-corrected chi connectivity index (χ2v) is 6.99. The lowest BCUT2D eigenvalue weighted by Crippen LogP contribution is -2.12. The maximum Gasteiger partial charge on any atom is 0.471 e. The third kappa shape index (κ3) is 4.20. The van der Waals surface area contributed by atoms with Gasteiger partial charge in [0.2, 0.25) is 0 Å². The molecule has 0 radical (unpaired) electrons. The Morgan fingerprint density at radius 2 is 1.65 bits per heavy atom. The van der Waals surface area contributed by atoms with Crippen LogP contribution in [0.4, 0.5) is 18.9 Å². The number of hydrogen-bond donors (Lipinski definition) is 1. The summed E-state index contributed by atoms with van der Waals surface area (Å²) in [5.74, 6) is -1.52. The van der Waals surface area contributed by atoms with E-state index in [4.69, 9.17) is 0 Å². The second-order valence-electron chi connectivity index (χ2n) is 5.31. The van der Waals surface area contributed by atoms with Crippen LogP contribution in [0, 0.1) is 0 Å². The molecule has 2 aromatic carbocycles. The highest BCUT2D eigenvalue weighted by molar-refractivity contribution is 7.92. The highest BCUT2D eigenvalue weighted by atomic mass is 32.2. The van der Waals surface area contributed by atoms with Crippen LogP contribution in [0.5, 0.6) is 0 Å². The lowest BCUT2D eigenvalue weighted by Gasteiger charge is -2.08. The van der Waals surface area contributed by atoms with Gasteiger partial charge in [-0.2, -0.15) is 18.2 Å². The van der Waals surface area contributed by atoms with Crippen molar-refractivity contribution in [3.8, 4) is 0 Å². The minimum absolute atomic E-state index is 0.0191. The first-order chi connectivity index (χ1) is 12.2. The van der Waals surface area contributed by atoms with Crippen molar-refractivity contribution in [3.63, 3.8) is 0 Å². The Bertz CT molecular complexity index is 985. The zero-order chi connectivity index (χ0) is 18.8. The fourth-order valence-electron chi connectivity index (χ4n) is 2.13. The minimum atomic E-state index is -4.69. The van der Waals surface area contributed by atoms with Crippen molar-refractivity contribution in [1.82, 2.24) is 10.1 Å². The summed E-state index contributed by atoms with van der Waals surface area (Å²) in [6.45, 7) is 0. The molecule has 0 aliphatic heterocycles. The van der Waals surface area contributed by atoms with Crippen molar-refractivity contribution in [2.75, 3.05) is 4.72 Å². The second kappa shape index (κ2) is 6.79. The van der Waals surface area contributed by atoms with E-state index in [1.165, 1.54) is 24.3 Å². The van der Waals surface area contributed by atoms with Crippen molar-refractivity contribution in [1.29, 1.82) is 0 Å². The van der Waals surface area contributed by atoms with E-state index in [-0.39, 0.29) is 17.1 Å². The molecule has 1 N–H and O–H groups in total. The van der Waals surface area contributed by atoms with Crippen LogP contribution >= 0.6 is 0 Å². The normalized spacial score (nSPS) is 12.1. The predicted octanol–water partition coefficient (Wildman–Crippen LogP) is 3.48. The first-order valence-electron chi connectivity index (χ1n) is 7.31. The van der Waals surface area contributed by atoms with Gasteiger partial charge in [0.15, 0.2) is 5.82 Å². The maximum absolute atomic E-state index is 12.4. The van der Waals surface area contributed by atoms with E-state index in [2.05, 4.69) is 19.4 Å². The molecule has 3 rings (SSSR count). The average Bonchev–Trinajstić information content (AvgIpc) is 3.06. The first-order valence-corrected chi connectivity index (χ1v) is 8.79. The SMILES string of the molecule is O=S(=O)(Nc1ccc(Cc2noc(C(F)(F)F)n2)cc1)c1ccccc1. The molecule has 1 aromatic heterocycles. The fraction of sp³-hybridized carbons (Fsp3) is 0.125. The summed E-state index contributed by atoms with van der Waals surface area (Å²) in [7, 11) is -3.71. The summed E-state index contributed by atoms with van der Waals surface area (Å²) in [6, 6.07) is 14.0. The van der Waals surface area contributed by atoms with Gasteiger partial charge in [0, 0.05) is 12.1 Å². The molecule has 0 amide bonds. The van der Waals surface area contributed by atoms with Crippen molar-refractivity contribution in [3.05, 3.63) is 71.9 Å². The van der Waals surface area contributed by atoms with E-state index < -0.39 is 22.1 Å². The summed E-state index contributed by atoms with van der Waals surface area (Å²) in [6.07, 6.45) is -4.67. The zero-order valence-electron chi connectivity index (χ0n) is 13.1. The Balaban J connectivity index is 1.70. The van der Waals surface area contributed by atoms with Crippen LogP contribution in [0.1, 0.15) is 17.3 Å². The summed E-state index contributed by atoms with van der Waals surface area (Å²) in [4.78, 5) is 3.40. The molecule has 0 saturated heterocycles. The molecule has 3 aromatic rings. The summed E-state index contributed by atoms with van der Waals surface area (Å²) in [5, 5.41) is 3.28. The summed E-state index contributed by atoms with van der Waals surface area (Å²) in [5.41, 5.74) is 0.920. The molecule has 0 aliphatic carbocycles. The standard InChI is InChI=1S/C16H12F3N3O3S/c17-16(18,19)15-20-14(21-25-15)10-11-6-8-12(9-7-11)22-26(23,24)13-4-2-1-3-5-13/h1-9,22H,10H2. The highest BCUT2D eigenvalue weighted by Gasteiger charge is 2.38. The smallest absolute Gasteiger partial charge is 0.329 e. The molecule has 10 heteroatoms. The van der Waals surface area contributed by atoms with Crippen molar-refractivity contribution in [2.45, 2.75) is 17.5 Å². The fourth-order valence-corrected chi connectivity index (χ4v) is 3.21. The third-order valence-corrected chi connectivity index (χ3v) is 4.73. The summed E-state index contributed by atoms with van der Waals surface area (Å²) < 4.78 is 68.3. The Labute approximate surface area is 146 Å². The van der Waals surface area contributed by atoms with E-state index in [1.807, 2.05) is 0 Å². The third-order valence-electron chi connectivity index (χ3n) is 3.33. The number of benzene rings is 2. The lowest BCUT2D eigenvalue weighted by molar-refractivity contribution is -0.159. The number of sulfonamides is 1. The first kappa shape index (κ1) is 17.9. The molecule has 26 heavy (non-hydrogen) atoms. The molecule has 0 atom stereocenters. The molecular weight excluding hydrogens is 371 g/mol. The highest BCUT2D eigenvalue weighted by Crippen LogP contribution is 2.27. The van der Waals surface area contributed by atoms with Gasteiger partial charge in [0.1, 0.15) is 0 Å². The summed E-state index contributed by atoms with van der Waals surface area (Å²) >= 11 is 0. The zero-order valence-corrected chi connectivity index (χ0v) is 13.9. The number of hydrogen-bond acceptors (Lipinski definition) is 5. The predicted molar refractivity (Wildman–Crippen MR) is 85.8 cm³/mol. The molecule has 0 saturated carbocycles. The van der Waals surface area contributed by atoms with E-state index >= 15 is 0 Å². The number of nitrogens with one attached hydrogen (secondary N) is 1. The molecule has 0 bridgehead atoms. The molecule has 0 aliphatic rings. The van der Waals surface area contributed by atoms with Crippen molar-refractivity contribution in [2.24, 2.45) is 0 Å². The minimum Gasteiger partial charge on any atom is -0.329 e. The van der Waals surface area contributed by atoms with Gasteiger partial charge in [-0.1, -0.05) is 35.5 Å². The number of nitrogens with zero attached hydrogens (tertiary/aromatic N) is 2. The van der Waals surface area contributed by atoms with E-state index in [9.17, 15) is 21.6 Å². The Hall–Kier alpha value is -2.88. The van der Waals surface area contributed by atoms with Crippen LogP contribution in [-0.4, -0.2) is 18.6 Å². The maximum atomic E-state index is 12.4. The Morgan fingerprint density at radius 1 is 1.00 bits per heavy atom. The quantitative estimate of drug-likeness (QED) is 0.729.